The molecule has 17 heavy (non-hydrogen) atoms. The predicted octanol–water partition coefficient (Wildman–Crippen LogP) is 1.45. The van der Waals surface area contributed by atoms with E-state index in [0.29, 0.717) is 11.2 Å². The minimum Gasteiger partial charge on any atom is -0.396 e. The Labute approximate surface area is 106 Å². The van der Waals surface area contributed by atoms with Crippen molar-refractivity contribution in [1.82, 2.24) is 9.97 Å². The number of nitrogens with zero attached hydrogens (tertiary/aromatic N) is 3. The van der Waals surface area contributed by atoms with Crippen molar-refractivity contribution in [2.75, 3.05) is 23.8 Å². The van der Waals surface area contributed by atoms with Crippen LogP contribution in [0.5, 0.6) is 0 Å². The molecule has 1 aromatic rings. The fourth-order valence-electron chi connectivity index (χ4n) is 2.33. The molecule has 3 N–H and O–H groups in total. The zero-order chi connectivity index (χ0) is 12.3. The molecular formula is C11H17ClN4O. The van der Waals surface area contributed by atoms with Gasteiger partial charge in [0, 0.05) is 25.3 Å². The van der Waals surface area contributed by atoms with Gasteiger partial charge in [-0.15, -0.1) is 0 Å². The van der Waals surface area contributed by atoms with E-state index in [-0.39, 0.29) is 12.6 Å². The van der Waals surface area contributed by atoms with Crippen molar-refractivity contribution in [3.8, 4) is 0 Å². The first-order valence-corrected chi connectivity index (χ1v) is 6.26. The van der Waals surface area contributed by atoms with Gasteiger partial charge in [0.05, 0.1) is 0 Å². The summed E-state index contributed by atoms with van der Waals surface area (Å²) in [7, 11) is 0. The number of nitrogen functional groups attached to an aromatic ring is 1. The van der Waals surface area contributed by atoms with Crippen LogP contribution in [0.1, 0.15) is 25.7 Å². The SMILES string of the molecule is Nc1nc(Cl)cc(N2CCCC2CCCO)n1. The van der Waals surface area contributed by atoms with E-state index in [1.807, 2.05) is 0 Å². The molecule has 0 amide bonds. The van der Waals surface area contributed by atoms with Crippen molar-refractivity contribution in [2.45, 2.75) is 31.7 Å². The Morgan fingerprint density at radius 2 is 2.35 bits per heavy atom. The van der Waals surface area contributed by atoms with Gasteiger partial charge in [-0.2, -0.15) is 4.98 Å². The lowest BCUT2D eigenvalue weighted by Crippen LogP contribution is -2.30. The molecular weight excluding hydrogens is 240 g/mol. The molecule has 1 unspecified atom stereocenters. The van der Waals surface area contributed by atoms with Gasteiger partial charge >= 0.3 is 0 Å². The standard InChI is InChI=1S/C11H17ClN4O/c12-9-7-10(15-11(13)14-9)16-5-1-3-8(16)4-2-6-17/h7-8,17H,1-6H2,(H2,13,14,15). The largest absolute Gasteiger partial charge is 0.396 e. The highest BCUT2D eigenvalue weighted by molar-refractivity contribution is 6.29. The number of rotatable bonds is 4. The summed E-state index contributed by atoms with van der Waals surface area (Å²) < 4.78 is 0. The number of hydrogen-bond acceptors (Lipinski definition) is 5. The average molecular weight is 257 g/mol. The Hall–Kier alpha value is -1.07. The van der Waals surface area contributed by atoms with Gasteiger partial charge in [-0.05, 0) is 25.7 Å². The van der Waals surface area contributed by atoms with E-state index in [9.17, 15) is 0 Å². The first-order valence-electron chi connectivity index (χ1n) is 5.88. The van der Waals surface area contributed by atoms with Gasteiger partial charge in [0.1, 0.15) is 11.0 Å². The van der Waals surface area contributed by atoms with Crippen molar-refractivity contribution < 1.29 is 5.11 Å². The van der Waals surface area contributed by atoms with Crippen LogP contribution in [0.2, 0.25) is 5.15 Å². The van der Waals surface area contributed by atoms with Crippen LogP contribution < -0.4 is 10.6 Å². The molecule has 1 saturated heterocycles. The summed E-state index contributed by atoms with van der Waals surface area (Å²) in [6.07, 6.45) is 4.05. The number of halogens is 1. The fourth-order valence-corrected chi connectivity index (χ4v) is 2.52. The van der Waals surface area contributed by atoms with E-state index in [4.69, 9.17) is 22.4 Å². The molecule has 94 valence electrons. The monoisotopic (exact) mass is 256 g/mol. The first-order chi connectivity index (χ1) is 8.20. The summed E-state index contributed by atoms with van der Waals surface area (Å²) in [4.78, 5) is 10.3. The van der Waals surface area contributed by atoms with Crippen LogP contribution in [0.3, 0.4) is 0 Å². The fraction of sp³-hybridized carbons (Fsp3) is 0.636. The maximum atomic E-state index is 8.89. The lowest BCUT2D eigenvalue weighted by Gasteiger charge is -2.25. The van der Waals surface area contributed by atoms with Crippen LogP contribution in [0.25, 0.3) is 0 Å². The van der Waals surface area contributed by atoms with Crippen LogP contribution in [0.15, 0.2) is 6.07 Å². The zero-order valence-corrected chi connectivity index (χ0v) is 10.4. The van der Waals surface area contributed by atoms with Crippen molar-refractivity contribution >= 4 is 23.4 Å². The molecule has 0 aromatic carbocycles. The summed E-state index contributed by atoms with van der Waals surface area (Å²) in [6, 6.07) is 2.17. The summed E-state index contributed by atoms with van der Waals surface area (Å²) >= 11 is 5.88. The van der Waals surface area contributed by atoms with E-state index in [2.05, 4.69) is 14.9 Å². The van der Waals surface area contributed by atoms with Crippen molar-refractivity contribution in [1.29, 1.82) is 0 Å². The van der Waals surface area contributed by atoms with E-state index in [0.717, 1.165) is 38.0 Å². The quantitative estimate of drug-likeness (QED) is 0.798. The Bertz CT molecular complexity index is 367. The highest BCUT2D eigenvalue weighted by atomic mass is 35.5. The molecule has 0 spiro atoms. The lowest BCUT2D eigenvalue weighted by molar-refractivity contribution is 0.279. The van der Waals surface area contributed by atoms with Crippen molar-refractivity contribution in [3.63, 3.8) is 0 Å². The van der Waals surface area contributed by atoms with E-state index >= 15 is 0 Å². The lowest BCUT2D eigenvalue weighted by atomic mass is 10.1. The summed E-state index contributed by atoms with van der Waals surface area (Å²) in [5.41, 5.74) is 5.60. The molecule has 0 aliphatic carbocycles. The molecule has 1 aliphatic rings. The Kier molecular flexibility index (Phi) is 4.02. The number of anilines is 2. The van der Waals surface area contributed by atoms with E-state index in [1.165, 1.54) is 0 Å². The topological polar surface area (TPSA) is 75.3 Å². The van der Waals surface area contributed by atoms with Gasteiger partial charge in [-0.25, -0.2) is 4.98 Å². The maximum Gasteiger partial charge on any atom is 0.223 e. The van der Waals surface area contributed by atoms with Crippen LogP contribution in [0.4, 0.5) is 11.8 Å². The summed E-state index contributed by atoms with van der Waals surface area (Å²) in [5.74, 6) is 1.00. The highest BCUT2D eigenvalue weighted by Gasteiger charge is 2.25. The second kappa shape index (κ2) is 5.51. The minimum atomic E-state index is 0.209. The van der Waals surface area contributed by atoms with Crippen LogP contribution in [-0.2, 0) is 0 Å². The minimum absolute atomic E-state index is 0.209. The van der Waals surface area contributed by atoms with E-state index in [1.54, 1.807) is 6.07 Å². The molecule has 1 fully saturated rings. The Morgan fingerprint density at radius 3 is 3.06 bits per heavy atom. The molecule has 2 heterocycles. The third kappa shape index (κ3) is 2.98. The molecule has 0 bridgehead atoms. The zero-order valence-electron chi connectivity index (χ0n) is 9.64. The Morgan fingerprint density at radius 1 is 1.53 bits per heavy atom. The van der Waals surface area contributed by atoms with Gasteiger partial charge in [0.25, 0.3) is 0 Å². The summed E-state index contributed by atoms with van der Waals surface area (Å²) in [5, 5.41) is 9.26. The van der Waals surface area contributed by atoms with Crippen LogP contribution in [0, 0.1) is 0 Å². The second-order valence-corrected chi connectivity index (χ2v) is 4.65. The van der Waals surface area contributed by atoms with E-state index < -0.39 is 0 Å². The number of aliphatic hydroxyl groups is 1. The number of aliphatic hydroxyl groups excluding tert-OH is 1. The van der Waals surface area contributed by atoms with Gasteiger partial charge in [0.15, 0.2) is 0 Å². The maximum absolute atomic E-state index is 8.89. The molecule has 1 aliphatic heterocycles. The van der Waals surface area contributed by atoms with Crippen LogP contribution in [-0.4, -0.2) is 34.3 Å². The van der Waals surface area contributed by atoms with Gasteiger partial charge in [-0.1, -0.05) is 11.6 Å². The van der Waals surface area contributed by atoms with Gasteiger partial charge in [-0.3, -0.25) is 0 Å². The molecule has 1 aromatic heterocycles. The number of aromatic nitrogens is 2. The third-order valence-electron chi connectivity index (χ3n) is 3.07. The molecule has 5 nitrogen and oxygen atoms in total. The predicted molar refractivity (Wildman–Crippen MR) is 68.1 cm³/mol. The average Bonchev–Trinajstić information content (AvgIpc) is 2.73. The smallest absolute Gasteiger partial charge is 0.223 e. The highest BCUT2D eigenvalue weighted by Crippen LogP contribution is 2.28. The first kappa shape index (κ1) is 12.4. The normalized spacial score (nSPS) is 19.9. The van der Waals surface area contributed by atoms with Crippen molar-refractivity contribution in [3.05, 3.63) is 11.2 Å². The molecule has 6 heteroatoms. The van der Waals surface area contributed by atoms with Gasteiger partial charge in [0.2, 0.25) is 5.95 Å². The summed E-state index contributed by atoms with van der Waals surface area (Å²) in [6.45, 7) is 1.19. The van der Waals surface area contributed by atoms with Crippen molar-refractivity contribution in [2.24, 2.45) is 0 Å². The second-order valence-electron chi connectivity index (χ2n) is 4.26. The molecule has 2 rings (SSSR count). The number of hydrogen-bond donors (Lipinski definition) is 2. The number of nitrogens with two attached hydrogens (primary N) is 1. The van der Waals surface area contributed by atoms with Gasteiger partial charge < -0.3 is 15.7 Å². The molecule has 0 radical (unpaired) electrons. The molecule has 0 saturated carbocycles. The van der Waals surface area contributed by atoms with Crippen LogP contribution >= 0.6 is 11.6 Å². The Balaban J connectivity index is 2.14. The third-order valence-corrected chi connectivity index (χ3v) is 3.26. The molecule has 1 atom stereocenters.